The Labute approximate surface area is 128 Å². The largest absolute Gasteiger partial charge is 0.365 e. The van der Waals surface area contributed by atoms with E-state index in [-0.39, 0.29) is 0 Å². The molecule has 2 N–H and O–H groups in total. The van der Waals surface area contributed by atoms with Gasteiger partial charge in [0.15, 0.2) is 5.82 Å². The minimum atomic E-state index is 0.400. The minimum Gasteiger partial charge on any atom is -0.365 e. The predicted octanol–water partition coefficient (Wildman–Crippen LogP) is 1.86. The topological polar surface area (TPSA) is 75.6 Å². The molecular weight excluding hydrogens is 276 g/mol. The van der Waals surface area contributed by atoms with Crippen molar-refractivity contribution in [2.75, 3.05) is 18.4 Å². The Bertz CT molecular complexity index is 783. The molecule has 6 nitrogen and oxygen atoms in total. The normalized spacial score (nSPS) is 17.7. The lowest BCUT2D eigenvalue weighted by Crippen LogP contribution is -2.23. The van der Waals surface area contributed by atoms with Crippen LogP contribution in [0.1, 0.15) is 6.42 Å². The molecule has 4 rings (SSSR count). The summed E-state index contributed by atoms with van der Waals surface area (Å²) >= 11 is 0. The Hall–Kier alpha value is -2.60. The Kier molecular flexibility index (Phi) is 3.36. The van der Waals surface area contributed by atoms with Crippen LogP contribution in [0.2, 0.25) is 0 Å². The lowest BCUT2D eigenvalue weighted by molar-refractivity contribution is 0.789. The zero-order valence-corrected chi connectivity index (χ0v) is 12.0. The van der Waals surface area contributed by atoms with Gasteiger partial charge in [-0.15, -0.1) is 0 Å². The van der Waals surface area contributed by atoms with Crippen molar-refractivity contribution in [1.29, 1.82) is 0 Å². The van der Waals surface area contributed by atoms with Gasteiger partial charge in [0.05, 0.1) is 11.7 Å². The highest BCUT2D eigenvalue weighted by Crippen LogP contribution is 2.25. The number of anilines is 1. The fourth-order valence-corrected chi connectivity index (χ4v) is 2.69. The van der Waals surface area contributed by atoms with Crippen LogP contribution in [0.5, 0.6) is 0 Å². The molecule has 0 bridgehead atoms. The molecule has 0 aromatic carbocycles. The number of pyridine rings is 2. The minimum absolute atomic E-state index is 0.400. The van der Waals surface area contributed by atoms with E-state index in [9.17, 15) is 0 Å². The number of nitrogens with zero attached hydrogens (tertiary/aromatic N) is 4. The summed E-state index contributed by atoms with van der Waals surface area (Å²) in [5, 5.41) is 7.90. The second-order valence-electron chi connectivity index (χ2n) is 5.36. The molecular formula is C16H16N6. The maximum atomic E-state index is 4.73. The molecule has 1 unspecified atom stereocenters. The Balaban J connectivity index is 1.82. The van der Waals surface area contributed by atoms with Gasteiger partial charge in [0.2, 0.25) is 0 Å². The van der Waals surface area contributed by atoms with E-state index >= 15 is 0 Å². The van der Waals surface area contributed by atoms with Crippen molar-refractivity contribution in [2.45, 2.75) is 12.5 Å². The van der Waals surface area contributed by atoms with E-state index in [4.69, 9.17) is 4.98 Å². The third kappa shape index (κ3) is 2.48. The Morgan fingerprint density at radius 2 is 1.91 bits per heavy atom. The number of fused-ring (bicyclic) bond motifs is 1. The van der Waals surface area contributed by atoms with E-state index < -0.39 is 0 Å². The molecule has 1 aliphatic rings. The maximum absolute atomic E-state index is 4.73. The molecule has 3 aromatic rings. The zero-order valence-electron chi connectivity index (χ0n) is 12.0. The number of hydrogen-bond acceptors (Lipinski definition) is 6. The fourth-order valence-electron chi connectivity index (χ4n) is 2.69. The highest BCUT2D eigenvalue weighted by Gasteiger charge is 2.17. The van der Waals surface area contributed by atoms with E-state index in [1.54, 1.807) is 24.8 Å². The summed E-state index contributed by atoms with van der Waals surface area (Å²) in [5.74, 6) is 1.56. The van der Waals surface area contributed by atoms with Crippen molar-refractivity contribution in [1.82, 2.24) is 25.3 Å². The van der Waals surface area contributed by atoms with Crippen LogP contribution in [0.3, 0.4) is 0 Å². The fraction of sp³-hybridized carbons (Fsp3) is 0.250. The molecule has 110 valence electrons. The van der Waals surface area contributed by atoms with Gasteiger partial charge in [-0.05, 0) is 31.2 Å². The summed E-state index contributed by atoms with van der Waals surface area (Å²) in [6.07, 6.45) is 8.15. The first-order valence-electron chi connectivity index (χ1n) is 7.39. The summed E-state index contributed by atoms with van der Waals surface area (Å²) in [6, 6.07) is 6.18. The quantitative estimate of drug-likeness (QED) is 0.767. The standard InChI is InChI=1S/C16H16N6/c1-5-17-6-2-11(1)15-21-14-10-19-8-4-13(14)16(22-15)20-12-3-7-18-9-12/h1-2,4-6,8,10,12,18H,3,7,9H2,(H,20,21,22). The highest BCUT2D eigenvalue weighted by molar-refractivity contribution is 5.90. The molecule has 6 heteroatoms. The van der Waals surface area contributed by atoms with E-state index in [1.807, 2.05) is 18.2 Å². The van der Waals surface area contributed by atoms with Gasteiger partial charge in [0.1, 0.15) is 5.82 Å². The highest BCUT2D eigenvalue weighted by atomic mass is 15.1. The molecule has 0 aliphatic carbocycles. The first-order chi connectivity index (χ1) is 10.9. The summed E-state index contributed by atoms with van der Waals surface area (Å²) in [5.41, 5.74) is 1.80. The molecule has 1 saturated heterocycles. The number of hydrogen-bond donors (Lipinski definition) is 2. The molecule has 4 heterocycles. The maximum Gasteiger partial charge on any atom is 0.162 e. The average Bonchev–Trinajstić information content (AvgIpc) is 3.09. The lowest BCUT2D eigenvalue weighted by Gasteiger charge is -2.15. The third-order valence-electron chi connectivity index (χ3n) is 3.84. The second kappa shape index (κ2) is 5.65. The number of nitrogens with one attached hydrogen (secondary N) is 2. The van der Waals surface area contributed by atoms with E-state index in [2.05, 4.69) is 25.6 Å². The van der Waals surface area contributed by atoms with E-state index in [1.165, 1.54) is 0 Å². The molecule has 0 radical (unpaired) electrons. The Morgan fingerprint density at radius 3 is 2.73 bits per heavy atom. The summed E-state index contributed by atoms with van der Waals surface area (Å²) < 4.78 is 0. The van der Waals surface area contributed by atoms with Gasteiger partial charge in [0.25, 0.3) is 0 Å². The van der Waals surface area contributed by atoms with Crippen molar-refractivity contribution in [3.63, 3.8) is 0 Å². The molecule has 0 spiro atoms. The van der Waals surface area contributed by atoms with Gasteiger partial charge in [-0.3, -0.25) is 9.97 Å². The van der Waals surface area contributed by atoms with Gasteiger partial charge in [-0.1, -0.05) is 0 Å². The van der Waals surface area contributed by atoms with Gasteiger partial charge >= 0.3 is 0 Å². The molecule has 3 aromatic heterocycles. The molecule has 0 saturated carbocycles. The summed E-state index contributed by atoms with van der Waals surface area (Å²) in [6.45, 7) is 2.00. The molecule has 1 aliphatic heterocycles. The van der Waals surface area contributed by atoms with Crippen molar-refractivity contribution < 1.29 is 0 Å². The van der Waals surface area contributed by atoms with Crippen LogP contribution in [0.4, 0.5) is 5.82 Å². The van der Waals surface area contributed by atoms with Gasteiger partial charge in [-0.25, -0.2) is 9.97 Å². The lowest BCUT2D eigenvalue weighted by atomic mass is 10.2. The smallest absolute Gasteiger partial charge is 0.162 e. The SMILES string of the molecule is c1cc(-c2nc(NC3CCNC3)c3ccncc3n2)ccn1. The number of aromatic nitrogens is 4. The first-order valence-corrected chi connectivity index (χ1v) is 7.39. The van der Waals surface area contributed by atoms with Crippen LogP contribution in [-0.4, -0.2) is 39.1 Å². The van der Waals surface area contributed by atoms with Gasteiger partial charge in [0, 0.05) is 42.1 Å². The molecule has 0 amide bonds. The van der Waals surface area contributed by atoms with Gasteiger partial charge < -0.3 is 10.6 Å². The van der Waals surface area contributed by atoms with Crippen LogP contribution >= 0.6 is 0 Å². The Morgan fingerprint density at radius 1 is 1.05 bits per heavy atom. The van der Waals surface area contributed by atoms with Crippen LogP contribution < -0.4 is 10.6 Å². The average molecular weight is 292 g/mol. The van der Waals surface area contributed by atoms with E-state index in [0.717, 1.165) is 41.8 Å². The summed E-state index contributed by atoms with van der Waals surface area (Å²) in [7, 11) is 0. The third-order valence-corrected chi connectivity index (χ3v) is 3.84. The van der Waals surface area contributed by atoms with E-state index in [0.29, 0.717) is 11.9 Å². The first kappa shape index (κ1) is 13.1. The van der Waals surface area contributed by atoms with Crippen molar-refractivity contribution in [3.8, 4) is 11.4 Å². The monoisotopic (exact) mass is 292 g/mol. The molecule has 1 atom stereocenters. The van der Waals surface area contributed by atoms with Crippen molar-refractivity contribution >= 4 is 16.7 Å². The second-order valence-corrected chi connectivity index (χ2v) is 5.36. The number of rotatable bonds is 3. The van der Waals surface area contributed by atoms with Crippen molar-refractivity contribution in [2.24, 2.45) is 0 Å². The molecule has 22 heavy (non-hydrogen) atoms. The van der Waals surface area contributed by atoms with Crippen LogP contribution in [0.15, 0.2) is 43.0 Å². The summed E-state index contributed by atoms with van der Waals surface area (Å²) in [4.78, 5) is 17.6. The predicted molar refractivity (Wildman–Crippen MR) is 85.5 cm³/mol. The van der Waals surface area contributed by atoms with Crippen LogP contribution in [-0.2, 0) is 0 Å². The zero-order chi connectivity index (χ0) is 14.8. The van der Waals surface area contributed by atoms with Gasteiger partial charge in [-0.2, -0.15) is 0 Å². The molecule has 1 fully saturated rings. The van der Waals surface area contributed by atoms with Crippen molar-refractivity contribution in [3.05, 3.63) is 43.0 Å². The van der Waals surface area contributed by atoms with Crippen LogP contribution in [0, 0.1) is 0 Å². The van der Waals surface area contributed by atoms with Crippen LogP contribution in [0.25, 0.3) is 22.3 Å².